The number of likely N-dealkylation sites (N-methyl/N-ethyl adjacent to an activating group) is 1. The second-order valence-electron chi connectivity index (χ2n) is 9.87. The lowest BCUT2D eigenvalue weighted by Crippen LogP contribution is -3.00. The molecule has 0 aliphatic heterocycles. The number of carbonyl (C=O) groups excluding carboxylic acids is 2. The molecule has 0 saturated heterocycles. The van der Waals surface area contributed by atoms with Crippen LogP contribution in [0.3, 0.4) is 0 Å². The Morgan fingerprint density at radius 3 is 1.34 bits per heavy atom. The third-order valence-corrected chi connectivity index (χ3v) is 5.06. The number of nitrogens with zero attached hydrogens (tertiary/aromatic N) is 1. The fourth-order valence-electron chi connectivity index (χ4n) is 3.02. The van der Waals surface area contributed by atoms with Crippen molar-refractivity contribution in [2.45, 2.75) is 78.4 Å². The molecule has 0 rings (SSSR count). The van der Waals surface area contributed by atoms with Crippen molar-refractivity contribution in [2.24, 2.45) is 0 Å². The minimum absolute atomic E-state index is 0. The highest BCUT2D eigenvalue weighted by atomic mass is 79.9. The van der Waals surface area contributed by atoms with Crippen LogP contribution < -0.4 is 17.0 Å². The van der Waals surface area contributed by atoms with E-state index in [-0.39, 0.29) is 46.5 Å². The summed E-state index contributed by atoms with van der Waals surface area (Å²) in [4.78, 5) is 25.2. The number of carbonyl (C=O) groups is 2. The summed E-state index contributed by atoms with van der Waals surface area (Å²) >= 11 is 0. The van der Waals surface area contributed by atoms with Crippen molar-refractivity contribution in [1.29, 1.82) is 0 Å². The van der Waals surface area contributed by atoms with E-state index >= 15 is 0 Å². The first-order valence-electron chi connectivity index (χ1n) is 11.0. The average molecular weight is 515 g/mol. The van der Waals surface area contributed by atoms with Crippen molar-refractivity contribution in [3.63, 3.8) is 0 Å². The summed E-state index contributed by atoms with van der Waals surface area (Å²) in [6.45, 7) is 19.6. The minimum Gasteiger partial charge on any atom is -1.00 e. The van der Waals surface area contributed by atoms with Gasteiger partial charge in [-0.25, -0.2) is 9.59 Å². The van der Waals surface area contributed by atoms with Gasteiger partial charge in [0.15, 0.2) is 13.1 Å². The first-order chi connectivity index (χ1) is 14.2. The van der Waals surface area contributed by atoms with Crippen molar-refractivity contribution in [3.05, 3.63) is 48.6 Å². The van der Waals surface area contributed by atoms with Gasteiger partial charge in [0.25, 0.3) is 0 Å². The van der Waals surface area contributed by atoms with E-state index in [1.54, 1.807) is 12.2 Å². The van der Waals surface area contributed by atoms with E-state index in [9.17, 15) is 9.59 Å². The highest BCUT2D eigenvalue weighted by molar-refractivity contribution is 5.73. The van der Waals surface area contributed by atoms with Gasteiger partial charge in [-0.1, -0.05) is 36.5 Å². The van der Waals surface area contributed by atoms with E-state index in [4.69, 9.17) is 9.47 Å². The molecule has 6 heteroatoms. The van der Waals surface area contributed by atoms with Gasteiger partial charge in [0, 0.05) is 0 Å². The molecule has 0 fully saturated rings. The van der Waals surface area contributed by atoms with E-state index in [0.717, 1.165) is 12.8 Å². The maximum atomic E-state index is 12.6. The van der Waals surface area contributed by atoms with Gasteiger partial charge < -0.3 is 30.9 Å². The van der Waals surface area contributed by atoms with Gasteiger partial charge in [-0.05, 0) is 79.4 Å². The Labute approximate surface area is 206 Å². The van der Waals surface area contributed by atoms with Crippen LogP contribution in [-0.2, 0) is 19.1 Å². The Hall–Kier alpha value is -1.66. The van der Waals surface area contributed by atoms with Gasteiger partial charge in [0.1, 0.15) is 11.2 Å². The highest BCUT2D eigenvalue weighted by Crippen LogP contribution is 2.22. The fourth-order valence-corrected chi connectivity index (χ4v) is 3.02. The van der Waals surface area contributed by atoms with Crippen LogP contribution in [0.25, 0.3) is 0 Å². The van der Waals surface area contributed by atoms with Gasteiger partial charge in [0.2, 0.25) is 0 Å². The summed E-state index contributed by atoms with van der Waals surface area (Å²) in [5, 5.41) is 0. The maximum absolute atomic E-state index is 12.6. The molecule has 0 bridgehead atoms. The zero-order chi connectivity index (χ0) is 24.3. The van der Waals surface area contributed by atoms with Crippen LogP contribution in [0, 0.1) is 0 Å². The highest BCUT2D eigenvalue weighted by Gasteiger charge is 2.33. The summed E-state index contributed by atoms with van der Waals surface area (Å²) in [7, 11) is 3.62. The second-order valence-corrected chi connectivity index (χ2v) is 9.87. The topological polar surface area (TPSA) is 52.6 Å². The Balaban J connectivity index is 0. The van der Waals surface area contributed by atoms with Crippen LogP contribution in [0.15, 0.2) is 48.6 Å². The molecule has 0 spiro atoms. The molecule has 0 heterocycles. The lowest BCUT2D eigenvalue weighted by atomic mass is 9.99. The van der Waals surface area contributed by atoms with Crippen molar-refractivity contribution in [1.82, 2.24) is 0 Å². The van der Waals surface area contributed by atoms with Gasteiger partial charge >= 0.3 is 11.9 Å². The van der Waals surface area contributed by atoms with Gasteiger partial charge in [-0.2, -0.15) is 0 Å². The van der Waals surface area contributed by atoms with Gasteiger partial charge in [-0.3, -0.25) is 0 Å². The standard InChI is InChI=1S/C26H44NO4.BrH/c1-11-25(7,17-13-15-21(3)4)30-23(28)19-27(9,10)20-24(29)31-26(8,12-2)18-14-16-22(5)6;/h11-12,15-16H,1-2,13-14,17-20H2,3-10H3;1H/q+1;/p-1. The summed E-state index contributed by atoms with van der Waals surface area (Å²) in [5.41, 5.74) is 0.967. The third-order valence-electron chi connectivity index (χ3n) is 5.06. The largest absolute Gasteiger partial charge is 1.00 e. The lowest BCUT2D eigenvalue weighted by Gasteiger charge is -2.32. The van der Waals surface area contributed by atoms with Crippen LogP contribution in [0.4, 0.5) is 0 Å². The van der Waals surface area contributed by atoms with Gasteiger partial charge in [0.05, 0.1) is 14.1 Å². The number of hydrogen-bond donors (Lipinski definition) is 0. The maximum Gasteiger partial charge on any atom is 0.362 e. The minimum atomic E-state index is -0.740. The Morgan fingerprint density at radius 1 is 0.781 bits per heavy atom. The summed E-state index contributed by atoms with van der Waals surface area (Å²) in [6.07, 6.45) is 10.5. The first kappa shape index (κ1) is 32.5. The fraction of sp³-hybridized carbons (Fsp3) is 0.615. The quantitative estimate of drug-likeness (QED) is 0.203. The van der Waals surface area contributed by atoms with Crippen LogP contribution in [-0.4, -0.2) is 54.8 Å². The molecule has 0 radical (unpaired) electrons. The van der Waals surface area contributed by atoms with Crippen LogP contribution in [0.2, 0.25) is 0 Å². The lowest BCUT2D eigenvalue weighted by molar-refractivity contribution is -0.875. The number of quaternary nitrogens is 1. The van der Waals surface area contributed by atoms with Crippen molar-refractivity contribution in [2.75, 3.05) is 27.2 Å². The first-order valence-corrected chi connectivity index (χ1v) is 11.0. The molecule has 2 unspecified atom stereocenters. The Bertz CT molecular complexity index is 645. The number of hydrogen-bond acceptors (Lipinski definition) is 4. The summed E-state index contributed by atoms with van der Waals surface area (Å²) < 4.78 is 11.6. The number of halogens is 1. The molecular formula is C26H44BrNO4. The zero-order valence-corrected chi connectivity index (χ0v) is 23.0. The molecular weight excluding hydrogens is 470 g/mol. The molecule has 2 atom stereocenters. The van der Waals surface area contributed by atoms with Crippen molar-refractivity contribution < 1.29 is 40.5 Å². The Kier molecular flexibility index (Phi) is 14.7. The molecule has 0 aromatic carbocycles. The molecule has 0 N–H and O–H groups in total. The molecule has 0 aromatic heterocycles. The summed E-state index contributed by atoms with van der Waals surface area (Å²) in [5.74, 6) is -0.736. The number of rotatable bonds is 14. The van der Waals surface area contributed by atoms with E-state index in [2.05, 4.69) is 25.3 Å². The number of ether oxygens (including phenoxy) is 2. The summed E-state index contributed by atoms with van der Waals surface area (Å²) in [6, 6.07) is 0. The zero-order valence-electron chi connectivity index (χ0n) is 21.4. The number of esters is 2. The molecule has 32 heavy (non-hydrogen) atoms. The Morgan fingerprint density at radius 2 is 1.09 bits per heavy atom. The number of allylic oxidation sites excluding steroid dienone is 4. The third kappa shape index (κ3) is 14.4. The molecule has 0 aliphatic carbocycles. The normalized spacial score (nSPS) is 14.5. The van der Waals surface area contributed by atoms with E-state index < -0.39 is 11.2 Å². The van der Waals surface area contributed by atoms with Gasteiger partial charge in [-0.15, -0.1) is 0 Å². The van der Waals surface area contributed by atoms with Crippen LogP contribution in [0.1, 0.15) is 67.2 Å². The molecule has 0 aromatic rings. The smallest absolute Gasteiger partial charge is 0.362 e. The predicted octanol–water partition coefficient (Wildman–Crippen LogP) is 2.54. The monoisotopic (exact) mass is 513 g/mol. The molecule has 0 aliphatic rings. The van der Waals surface area contributed by atoms with Crippen LogP contribution >= 0.6 is 0 Å². The van der Waals surface area contributed by atoms with Crippen molar-refractivity contribution in [3.8, 4) is 0 Å². The average Bonchev–Trinajstić information content (AvgIpc) is 2.59. The molecule has 0 saturated carbocycles. The molecule has 5 nitrogen and oxygen atoms in total. The predicted molar refractivity (Wildman–Crippen MR) is 129 cm³/mol. The molecule has 0 amide bonds. The van der Waals surface area contributed by atoms with E-state index in [0.29, 0.717) is 12.8 Å². The SMILES string of the molecule is C=CC(C)(CCC=C(C)C)OC(=O)C[N+](C)(C)CC(=O)OC(C)(C=C)CCC=C(C)C.[Br-]. The molecule has 184 valence electrons. The second kappa shape index (κ2) is 14.5. The van der Waals surface area contributed by atoms with Crippen molar-refractivity contribution >= 4 is 11.9 Å². The van der Waals surface area contributed by atoms with E-state index in [1.165, 1.54) is 11.1 Å². The van der Waals surface area contributed by atoms with Crippen LogP contribution in [0.5, 0.6) is 0 Å². The van der Waals surface area contributed by atoms with E-state index in [1.807, 2.05) is 55.6 Å².